The molecule has 2 aromatic heterocycles. The average molecular weight is 443 g/mol. The van der Waals surface area contributed by atoms with E-state index < -0.39 is 29.1 Å². The van der Waals surface area contributed by atoms with Gasteiger partial charge in [0.1, 0.15) is 5.82 Å². The number of fused-ring (bicyclic) bond motifs is 1. The van der Waals surface area contributed by atoms with Gasteiger partial charge < -0.3 is 10.1 Å². The van der Waals surface area contributed by atoms with E-state index >= 15 is 0 Å². The standard InChI is InChI=1S/C21H16F3N5O3/c1-2-32-19(31)18-27-29(15-10-6-7-13(11-15)21(22,23)24)20-26-16(12-17(30)28(18)20)25-14-8-4-3-5-9-14/h3-12,25H,2H2,1H3. The minimum atomic E-state index is -4.59. The third-order valence-corrected chi connectivity index (χ3v) is 4.42. The molecule has 0 aliphatic rings. The van der Waals surface area contributed by atoms with E-state index in [1.165, 1.54) is 12.1 Å². The van der Waals surface area contributed by atoms with Crippen molar-refractivity contribution < 1.29 is 22.7 Å². The van der Waals surface area contributed by atoms with Gasteiger partial charge >= 0.3 is 12.1 Å². The molecule has 0 saturated heterocycles. The Morgan fingerprint density at radius 3 is 2.53 bits per heavy atom. The van der Waals surface area contributed by atoms with Crippen LogP contribution in [0.4, 0.5) is 24.7 Å². The van der Waals surface area contributed by atoms with Crippen LogP contribution in [0, 0.1) is 0 Å². The van der Waals surface area contributed by atoms with Crippen LogP contribution >= 0.6 is 0 Å². The monoisotopic (exact) mass is 443 g/mol. The summed E-state index contributed by atoms with van der Waals surface area (Å²) in [5, 5.41) is 7.01. The first-order valence-electron chi connectivity index (χ1n) is 9.47. The summed E-state index contributed by atoms with van der Waals surface area (Å²) in [7, 11) is 0. The first-order chi connectivity index (χ1) is 15.3. The van der Waals surface area contributed by atoms with Crippen LogP contribution in [0.3, 0.4) is 0 Å². The van der Waals surface area contributed by atoms with Gasteiger partial charge in [0.05, 0.1) is 17.9 Å². The van der Waals surface area contributed by atoms with Crippen LogP contribution in [-0.4, -0.2) is 31.7 Å². The fraction of sp³-hybridized carbons (Fsp3) is 0.143. The molecule has 0 fully saturated rings. The zero-order chi connectivity index (χ0) is 22.9. The lowest BCUT2D eigenvalue weighted by Gasteiger charge is -2.09. The maximum Gasteiger partial charge on any atom is 0.416 e. The molecule has 0 unspecified atom stereocenters. The van der Waals surface area contributed by atoms with Crippen molar-refractivity contribution in [3.05, 3.63) is 82.4 Å². The van der Waals surface area contributed by atoms with Crippen LogP contribution in [0.2, 0.25) is 0 Å². The molecule has 2 heterocycles. The number of benzene rings is 2. The summed E-state index contributed by atoms with van der Waals surface area (Å²) in [6.45, 7) is 1.60. The Balaban J connectivity index is 1.93. The fourth-order valence-electron chi connectivity index (χ4n) is 3.04. The molecule has 2 aromatic carbocycles. The third-order valence-electron chi connectivity index (χ3n) is 4.42. The van der Waals surface area contributed by atoms with Crippen molar-refractivity contribution in [1.82, 2.24) is 19.2 Å². The van der Waals surface area contributed by atoms with Gasteiger partial charge in [0.15, 0.2) is 0 Å². The van der Waals surface area contributed by atoms with Crippen LogP contribution in [-0.2, 0) is 10.9 Å². The van der Waals surface area contributed by atoms with E-state index in [1.807, 2.05) is 6.07 Å². The number of carbonyl (C=O) groups excluding carboxylic acids is 1. The molecule has 11 heteroatoms. The number of nitrogens with zero attached hydrogens (tertiary/aromatic N) is 4. The number of nitrogens with one attached hydrogen (secondary N) is 1. The number of anilines is 2. The molecule has 0 radical (unpaired) electrons. The van der Waals surface area contributed by atoms with Crippen molar-refractivity contribution in [1.29, 1.82) is 0 Å². The highest BCUT2D eigenvalue weighted by Gasteiger charge is 2.31. The maximum atomic E-state index is 13.2. The normalized spacial score (nSPS) is 11.5. The van der Waals surface area contributed by atoms with Crippen molar-refractivity contribution in [3.8, 4) is 5.69 Å². The summed E-state index contributed by atoms with van der Waals surface area (Å²) >= 11 is 0. The molecule has 4 aromatic rings. The number of ether oxygens (including phenoxy) is 1. The average Bonchev–Trinajstić information content (AvgIpc) is 3.14. The van der Waals surface area contributed by atoms with E-state index in [-0.39, 0.29) is 23.9 Å². The molecule has 0 amide bonds. The molecule has 0 saturated carbocycles. The van der Waals surface area contributed by atoms with Crippen molar-refractivity contribution in [2.24, 2.45) is 0 Å². The fourth-order valence-corrected chi connectivity index (χ4v) is 3.04. The highest BCUT2D eigenvalue weighted by atomic mass is 19.4. The number of carbonyl (C=O) groups is 1. The number of para-hydroxylation sites is 1. The van der Waals surface area contributed by atoms with E-state index in [1.54, 1.807) is 31.2 Å². The van der Waals surface area contributed by atoms with Gasteiger partial charge in [-0.3, -0.25) is 4.79 Å². The molecule has 0 atom stereocenters. The van der Waals surface area contributed by atoms with Gasteiger partial charge in [-0.15, -0.1) is 5.10 Å². The van der Waals surface area contributed by atoms with E-state index in [0.29, 0.717) is 5.69 Å². The van der Waals surface area contributed by atoms with Gasteiger partial charge in [-0.2, -0.15) is 22.8 Å². The summed E-state index contributed by atoms with van der Waals surface area (Å²) in [5.74, 6) is -1.33. The Morgan fingerprint density at radius 2 is 1.84 bits per heavy atom. The van der Waals surface area contributed by atoms with Gasteiger partial charge in [-0.05, 0) is 37.3 Å². The van der Waals surface area contributed by atoms with Gasteiger partial charge in [-0.1, -0.05) is 24.3 Å². The lowest BCUT2D eigenvalue weighted by molar-refractivity contribution is -0.137. The second kappa shape index (κ2) is 8.17. The molecule has 32 heavy (non-hydrogen) atoms. The number of alkyl halides is 3. The first-order valence-corrected chi connectivity index (χ1v) is 9.47. The summed E-state index contributed by atoms with van der Waals surface area (Å²) < 4.78 is 46.5. The molecule has 164 valence electrons. The van der Waals surface area contributed by atoms with E-state index in [4.69, 9.17) is 4.74 Å². The largest absolute Gasteiger partial charge is 0.460 e. The maximum absolute atomic E-state index is 13.2. The zero-order valence-corrected chi connectivity index (χ0v) is 16.6. The molecule has 1 N–H and O–H groups in total. The summed E-state index contributed by atoms with van der Waals surface area (Å²) in [6.07, 6.45) is -4.59. The molecule has 0 aliphatic carbocycles. The van der Waals surface area contributed by atoms with Crippen LogP contribution in [0.15, 0.2) is 65.5 Å². The van der Waals surface area contributed by atoms with Crippen molar-refractivity contribution in [3.63, 3.8) is 0 Å². The second-order valence-corrected chi connectivity index (χ2v) is 6.61. The molecule has 0 spiro atoms. The van der Waals surface area contributed by atoms with Crippen LogP contribution in [0.1, 0.15) is 23.1 Å². The minimum Gasteiger partial charge on any atom is -0.460 e. The lowest BCUT2D eigenvalue weighted by atomic mass is 10.2. The van der Waals surface area contributed by atoms with Crippen molar-refractivity contribution in [2.75, 3.05) is 11.9 Å². The summed E-state index contributed by atoms with van der Waals surface area (Å²) in [4.78, 5) is 29.5. The highest BCUT2D eigenvalue weighted by molar-refractivity contribution is 5.86. The van der Waals surface area contributed by atoms with E-state index in [2.05, 4.69) is 15.4 Å². The number of hydrogen-bond acceptors (Lipinski definition) is 6. The number of hydrogen-bond donors (Lipinski definition) is 1. The Hall–Kier alpha value is -4.15. The highest BCUT2D eigenvalue weighted by Crippen LogP contribution is 2.30. The summed E-state index contributed by atoms with van der Waals surface area (Å²) in [6, 6.07) is 14.3. The van der Waals surface area contributed by atoms with Crippen molar-refractivity contribution in [2.45, 2.75) is 13.1 Å². The number of rotatable bonds is 5. The molecular weight excluding hydrogens is 427 g/mol. The van der Waals surface area contributed by atoms with E-state index in [0.717, 1.165) is 27.3 Å². The lowest BCUT2D eigenvalue weighted by Crippen LogP contribution is -2.20. The number of aromatic nitrogens is 4. The Bertz CT molecular complexity index is 1350. The molecule has 8 nitrogen and oxygen atoms in total. The Kier molecular flexibility index (Phi) is 5.39. The summed E-state index contributed by atoms with van der Waals surface area (Å²) in [5.41, 5.74) is -0.965. The van der Waals surface area contributed by atoms with Gasteiger partial charge in [0.2, 0.25) is 11.6 Å². The topological polar surface area (TPSA) is 90.5 Å². The molecule has 0 aliphatic heterocycles. The van der Waals surface area contributed by atoms with E-state index in [9.17, 15) is 22.8 Å². The second-order valence-electron chi connectivity index (χ2n) is 6.61. The quantitative estimate of drug-likeness (QED) is 0.472. The Morgan fingerprint density at radius 1 is 1.09 bits per heavy atom. The zero-order valence-electron chi connectivity index (χ0n) is 16.6. The van der Waals surface area contributed by atoms with Gasteiger partial charge in [0, 0.05) is 11.8 Å². The number of halogens is 3. The predicted molar refractivity (Wildman–Crippen MR) is 109 cm³/mol. The Labute approximate surface area is 178 Å². The molecule has 0 bridgehead atoms. The van der Waals surface area contributed by atoms with Crippen LogP contribution in [0.5, 0.6) is 0 Å². The van der Waals surface area contributed by atoms with Gasteiger partial charge in [0.25, 0.3) is 5.56 Å². The SMILES string of the molecule is CCOC(=O)c1nn(-c2cccc(C(F)(F)F)c2)c2nc(Nc3ccccc3)cc(=O)n12. The third kappa shape index (κ3) is 4.04. The van der Waals surface area contributed by atoms with Gasteiger partial charge in [-0.25, -0.2) is 9.20 Å². The van der Waals surface area contributed by atoms with Crippen molar-refractivity contribution >= 4 is 23.3 Å². The smallest absolute Gasteiger partial charge is 0.416 e. The number of esters is 1. The molecular formula is C21H16F3N5O3. The van der Waals surface area contributed by atoms with Crippen LogP contribution in [0.25, 0.3) is 11.5 Å². The predicted octanol–water partition coefficient (Wildman–Crippen LogP) is 3.82. The molecule has 4 rings (SSSR count). The van der Waals surface area contributed by atoms with Crippen LogP contribution < -0.4 is 10.9 Å². The minimum absolute atomic E-state index is 0.0204. The first kappa shape index (κ1) is 21.1.